The van der Waals surface area contributed by atoms with Crippen LogP contribution in [0.5, 0.6) is 0 Å². The van der Waals surface area contributed by atoms with Gasteiger partial charge in [-0.25, -0.2) is 0 Å². The van der Waals surface area contributed by atoms with Gasteiger partial charge in [-0.3, -0.25) is 4.79 Å². The van der Waals surface area contributed by atoms with Crippen molar-refractivity contribution in [3.8, 4) is 0 Å². The maximum absolute atomic E-state index is 11.0. The quantitative estimate of drug-likeness (QED) is 0.424. The van der Waals surface area contributed by atoms with Crippen LogP contribution in [0.3, 0.4) is 0 Å². The van der Waals surface area contributed by atoms with Crippen LogP contribution in [-0.2, 0) is 14.3 Å². The topological polar surface area (TPSA) is 73.6 Å². The largest absolute Gasteiger partial charge is 0.393 e. The number of hydrogen-bond donors (Lipinski definition) is 2. The van der Waals surface area contributed by atoms with Crippen LogP contribution >= 0.6 is 12.2 Å². The number of carbonyl (C=O) groups excluding carboxylic acids is 1. The molecule has 6 heteroatoms. The van der Waals surface area contributed by atoms with Gasteiger partial charge in [0.1, 0.15) is 6.61 Å². The van der Waals surface area contributed by atoms with E-state index >= 15 is 0 Å². The molecule has 0 aliphatic heterocycles. The van der Waals surface area contributed by atoms with Crippen molar-refractivity contribution in [2.24, 2.45) is 5.73 Å². The van der Waals surface area contributed by atoms with Crippen LogP contribution in [0.2, 0.25) is 0 Å². The number of nitrogens with one attached hydrogen (secondary N) is 1. The summed E-state index contributed by atoms with van der Waals surface area (Å²) in [7, 11) is 1.58. The Hall–Kier alpha value is -0.720. The van der Waals surface area contributed by atoms with E-state index in [1.165, 1.54) is 0 Å². The second kappa shape index (κ2) is 8.86. The molecule has 0 aromatic carbocycles. The molecule has 0 heterocycles. The van der Waals surface area contributed by atoms with Gasteiger partial charge < -0.3 is 20.5 Å². The molecule has 0 spiro atoms. The molecule has 0 aromatic rings. The van der Waals surface area contributed by atoms with Gasteiger partial charge in [-0.05, 0) is 0 Å². The van der Waals surface area contributed by atoms with Gasteiger partial charge in [0, 0.05) is 20.1 Å². The zero-order valence-electron chi connectivity index (χ0n) is 8.25. The lowest BCUT2D eigenvalue weighted by atomic mass is 10.4. The van der Waals surface area contributed by atoms with Crippen LogP contribution in [0.4, 0.5) is 0 Å². The minimum Gasteiger partial charge on any atom is -0.393 e. The maximum atomic E-state index is 11.0. The highest BCUT2D eigenvalue weighted by molar-refractivity contribution is 7.80. The molecule has 0 bridgehead atoms. The Bertz CT molecular complexity index is 187. The van der Waals surface area contributed by atoms with Crippen LogP contribution < -0.4 is 11.1 Å². The van der Waals surface area contributed by atoms with E-state index in [1.54, 1.807) is 7.11 Å². The molecule has 0 aliphatic carbocycles. The molecule has 0 atom stereocenters. The first-order valence-corrected chi connectivity index (χ1v) is 4.69. The highest BCUT2D eigenvalue weighted by Crippen LogP contribution is 1.79. The zero-order chi connectivity index (χ0) is 10.8. The lowest BCUT2D eigenvalue weighted by Gasteiger charge is -2.05. The zero-order valence-corrected chi connectivity index (χ0v) is 9.06. The fourth-order valence-corrected chi connectivity index (χ4v) is 0.785. The molecule has 0 radical (unpaired) electrons. The summed E-state index contributed by atoms with van der Waals surface area (Å²) >= 11 is 4.65. The SMILES string of the molecule is COCCOCC(=O)NCCC(N)=S. The van der Waals surface area contributed by atoms with E-state index in [0.717, 1.165) is 0 Å². The highest BCUT2D eigenvalue weighted by atomic mass is 32.1. The normalized spacial score (nSPS) is 9.79. The van der Waals surface area contributed by atoms with Crippen molar-refractivity contribution in [2.45, 2.75) is 6.42 Å². The lowest BCUT2D eigenvalue weighted by molar-refractivity contribution is -0.126. The van der Waals surface area contributed by atoms with Crippen molar-refractivity contribution in [2.75, 3.05) is 33.5 Å². The van der Waals surface area contributed by atoms with Gasteiger partial charge in [0.05, 0.1) is 18.2 Å². The third kappa shape index (κ3) is 9.37. The summed E-state index contributed by atoms with van der Waals surface area (Å²) in [5.41, 5.74) is 5.25. The molecule has 0 saturated carbocycles. The molecule has 0 fully saturated rings. The Balaban J connectivity index is 3.24. The summed E-state index contributed by atoms with van der Waals surface area (Å²) in [6, 6.07) is 0. The Morgan fingerprint density at radius 2 is 2.21 bits per heavy atom. The monoisotopic (exact) mass is 220 g/mol. The van der Waals surface area contributed by atoms with E-state index in [1.807, 2.05) is 0 Å². The van der Waals surface area contributed by atoms with E-state index in [4.69, 9.17) is 15.2 Å². The van der Waals surface area contributed by atoms with E-state index in [2.05, 4.69) is 17.5 Å². The number of thiocarbonyl (C=S) groups is 1. The minimum atomic E-state index is -0.169. The second-order valence-electron chi connectivity index (χ2n) is 2.61. The predicted molar refractivity (Wildman–Crippen MR) is 57.1 cm³/mol. The van der Waals surface area contributed by atoms with Crippen LogP contribution in [0, 0.1) is 0 Å². The number of methoxy groups -OCH3 is 1. The van der Waals surface area contributed by atoms with E-state index in [9.17, 15) is 4.79 Å². The van der Waals surface area contributed by atoms with Crippen molar-refractivity contribution in [3.63, 3.8) is 0 Å². The highest BCUT2D eigenvalue weighted by Gasteiger charge is 2.00. The number of nitrogens with two attached hydrogens (primary N) is 1. The van der Waals surface area contributed by atoms with Crippen LogP contribution in [0.15, 0.2) is 0 Å². The van der Waals surface area contributed by atoms with Crippen LogP contribution in [0.1, 0.15) is 6.42 Å². The Labute approximate surface area is 88.9 Å². The Morgan fingerprint density at radius 1 is 1.50 bits per heavy atom. The summed E-state index contributed by atoms with van der Waals surface area (Å²) in [5, 5.41) is 2.62. The summed E-state index contributed by atoms with van der Waals surface area (Å²) in [5.74, 6) is -0.169. The van der Waals surface area contributed by atoms with E-state index in [0.29, 0.717) is 31.2 Å². The maximum Gasteiger partial charge on any atom is 0.246 e. The van der Waals surface area contributed by atoms with Crippen molar-refractivity contribution in [1.82, 2.24) is 5.32 Å². The van der Waals surface area contributed by atoms with Gasteiger partial charge >= 0.3 is 0 Å². The molecule has 0 aromatic heterocycles. The van der Waals surface area contributed by atoms with Crippen LogP contribution in [-0.4, -0.2) is 44.4 Å². The van der Waals surface area contributed by atoms with Crippen molar-refractivity contribution >= 4 is 23.1 Å². The first kappa shape index (κ1) is 13.3. The molecule has 14 heavy (non-hydrogen) atoms. The number of ether oxygens (including phenoxy) is 2. The Morgan fingerprint density at radius 3 is 2.79 bits per heavy atom. The number of amides is 1. The third-order valence-electron chi connectivity index (χ3n) is 1.36. The molecule has 0 aliphatic rings. The van der Waals surface area contributed by atoms with Crippen LogP contribution in [0.25, 0.3) is 0 Å². The summed E-state index contributed by atoms with van der Waals surface area (Å²) < 4.78 is 9.74. The Kier molecular flexibility index (Phi) is 8.40. The molecule has 1 amide bonds. The molecule has 5 nitrogen and oxygen atoms in total. The smallest absolute Gasteiger partial charge is 0.246 e. The summed E-state index contributed by atoms with van der Waals surface area (Å²) in [6.45, 7) is 1.40. The second-order valence-corrected chi connectivity index (χ2v) is 3.14. The lowest BCUT2D eigenvalue weighted by Crippen LogP contribution is -2.30. The molecule has 3 N–H and O–H groups in total. The molecule has 0 unspecified atom stereocenters. The molecular formula is C8H16N2O3S. The van der Waals surface area contributed by atoms with Gasteiger partial charge in [0.15, 0.2) is 0 Å². The molecule has 82 valence electrons. The third-order valence-corrected chi connectivity index (χ3v) is 1.56. The number of rotatable bonds is 8. The number of carbonyl (C=O) groups is 1. The fraction of sp³-hybridized carbons (Fsp3) is 0.750. The summed E-state index contributed by atoms with van der Waals surface area (Å²) in [6.07, 6.45) is 0.513. The van der Waals surface area contributed by atoms with E-state index in [-0.39, 0.29) is 12.5 Å². The first-order valence-electron chi connectivity index (χ1n) is 4.28. The van der Waals surface area contributed by atoms with Crippen molar-refractivity contribution in [3.05, 3.63) is 0 Å². The fourth-order valence-electron chi connectivity index (χ4n) is 0.683. The van der Waals surface area contributed by atoms with Gasteiger partial charge in [-0.15, -0.1) is 0 Å². The van der Waals surface area contributed by atoms with Crippen molar-refractivity contribution < 1.29 is 14.3 Å². The van der Waals surface area contributed by atoms with Gasteiger partial charge in [-0.1, -0.05) is 12.2 Å². The average molecular weight is 220 g/mol. The molecule has 0 saturated heterocycles. The number of hydrogen-bond acceptors (Lipinski definition) is 4. The van der Waals surface area contributed by atoms with Gasteiger partial charge in [0.2, 0.25) is 5.91 Å². The average Bonchev–Trinajstić information content (AvgIpc) is 2.12. The van der Waals surface area contributed by atoms with Gasteiger partial charge in [-0.2, -0.15) is 0 Å². The van der Waals surface area contributed by atoms with Crippen molar-refractivity contribution in [1.29, 1.82) is 0 Å². The summed E-state index contributed by atoms with van der Waals surface area (Å²) in [4.78, 5) is 11.4. The molecular weight excluding hydrogens is 204 g/mol. The van der Waals surface area contributed by atoms with E-state index < -0.39 is 0 Å². The standard InChI is InChI=1S/C8H16N2O3S/c1-12-4-5-13-6-8(11)10-3-2-7(9)14/h2-6H2,1H3,(H2,9,14)(H,10,11). The minimum absolute atomic E-state index is 0.0424. The van der Waals surface area contributed by atoms with Gasteiger partial charge in [0.25, 0.3) is 0 Å². The predicted octanol–water partition coefficient (Wildman–Crippen LogP) is -0.558. The molecule has 0 rings (SSSR count). The first-order chi connectivity index (χ1) is 6.66.